The van der Waals surface area contributed by atoms with Crippen LogP contribution in [0.4, 0.5) is 5.82 Å². The number of nitrogen functional groups attached to an aromatic ring is 1. The number of hydrogen-bond donors (Lipinski definition) is 2. The van der Waals surface area contributed by atoms with Gasteiger partial charge in [0, 0.05) is 6.20 Å². The Hall–Kier alpha value is -1.44. The lowest BCUT2D eigenvalue weighted by molar-refractivity contribution is -0.179. The fourth-order valence-corrected chi connectivity index (χ4v) is 1.49. The first-order valence-electron chi connectivity index (χ1n) is 4.89. The second-order valence-electron chi connectivity index (χ2n) is 3.48. The summed E-state index contributed by atoms with van der Waals surface area (Å²) in [5, 5.41) is 8.94. The molecule has 7 heteroatoms. The van der Waals surface area contributed by atoms with Crippen LogP contribution in [0.15, 0.2) is 17.1 Å². The highest BCUT2D eigenvalue weighted by atomic mass is 16.6. The Morgan fingerprint density at radius 3 is 3.12 bits per heavy atom. The van der Waals surface area contributed by atoms with Crippen molar-refractivity contribution in [2.75, 3.05) is 25.6 Å². The van der Waals surface area contributed by atoms with Gasteiger partial charge in [-0.05, 0) is 6.07 Å². The molecule has 1 saturated heterocycles. The van der Waals surface area contributed by atoms with Gasteiger partial charge >= 0.3 is 5.69 Å². The third-order valence-corrected chi connectivity index (χ3v) is 2.28. The average Bonchev–Trinajstić information content (AvgIpc) is 2.29. The molecule has 1 aliphatic heterocycles. The average molecular weight is 227 g/mol. The number of ether oxygens (including phenoxy) is 2. The summed E-state index contributed by atoms with van der Waals surface area (Å²) < 4.78 is 12.0. The third kappa shape index (κ3) is 2.21. The lowest BCUT2D eigenvalue weighted by atomic mass is 10.3. The van der Waals surface area contributed by atoms with Gasteiger partial charge in [-0.1, -0.05) is 0 Å². The van der Waals surface area contributed by atoms with E-state index in [4.69, 9.17) is 20.3 Å². The molecular weight excluding hydrogens is 214 g/mol. The molecule has 0 aromatic carbocycles. The fraction of sp³-hybridized carbons (Fsp3) is 0.556. The van der Waals surface area contributed by atoms with Gasteiger partial charge in [-0.3, -0.25) is 4.57 Å². The van der Waals surface area contributed by atoms with Crippen molar-refractivity contribution < 1.29 is 14.6 Å². The van der Waals surface area contributed by atoms with Crippen LogP contribution >= 0.6 is 0 Å². The first-order valence-corrected chi connectivity index (χ1v) is 4.89. The number of aromatic nitrogens is 2. The topological polar surface area (TPSA) is 99.6 Å². The highest BCUT2D eigenvalue weighted by Gasteiger charge is 2.24. The minimum absolute atomic E-state index is 0.145. The molecule has 1 aromatic heterocycles. The quantitative estimate of drug-likeness (QED) is 0.653. The summed E-state index contributed by atoms with van der Waals surface area (Å²) in [4.78, 5) is 15.1. The summed E-state index contributed by atoms with van der Waals surface area (Å²) in [5.74, 6) is 0.164. The van der Waals surface area contributed by atoms with Crippen LogP contribution in [0, 0.1) is 0 Å². The number of hydrogen-bond acceptors (Lipinski definition) is 6. The van der Waals surface area contributed by atoms with Crippen LogP contribution < -0.4 is 11.4 Å². The molecule has 0 amide bonds. The Morgan fingerprint density at radius 1 is 1.62 bits per heavy atom. The normalized spacial score (nSPS) is 25.6. The van der Waals surface area contributed by atoms with Crippen molar-refractivity contribution in [1.82, 2.24) is 9.55 Å². The van der Waals surface area contributed by atoms with Crippen LogP contribution in [0.2, 0.25) is 0 Å². The molecule has 0 radical (unpaired) electrons. The molecule has 16 heavy (non-hydrogen) atoms. The second-order valence-corrected chi connectivity index (χ2v) is 3.48. The summed E-state index contributed by atoms with van der Waals surface area (Å²) in [5.41, 5.74) is 4.88. The molecular formula is C9H13N3O4. The van der Waals surface area contributed by atoms with Gasteiger partial charge in [0.1, 0.15) is 11.9 Å². The van der Waals surface area contributed by atoms with Gasteiger partial charge in [0.25, 0.3) is 0 Å². The number of aliphatic hydroxyl groups excluding tert-OH is 1. The van der Waals surface area contributed by atoms with Crippen LogP contribution in [0.5, 0.6) is 0 Å². The molecule has 88 valence electrons. The van der Waals surface area contributed by atoms with Gasteiger partial charge in [0.15, 0.2) is 6.23 Å². The Morgan fingerprint density at radius 2 is 2.44 bits per heavy atom. The highest BCUT2D eigenvalue weighted by Crippen LogP contribution is 2.15. The molecule has 0 unspecified atom stereocenters. The van der Waals surface area contributed by atoms with Crippen molar-refractivity contribution in [2.24, 2.45) is 0 Å². The maximum atomic E-state index is 11.5. The maximum Gasteiger partial charge on any atom is 0.351 e. The van der Waals surface area contributed by atoms with Crippen molar-refractivity contribution in [1.29, 1.82) is 0 Å². The molecule has 1 fully saturated rings. The minimum Gasteiger partial charge on any atom is -0.394 e. The zero-order valence-electron chi connectivity index (χ0n) is 8.57. The number of aliphatic hydroxyl groups is 1. The number of rotatable bonds is 2. The number of anilines is 1. The van der Waals surface area contributed by atoms with Crippen LogP contribution in [0.1, 0.15) is 6.23 Å². The van der Waals surface area contributed by atoms with Crippen molar-refractivity contribution >= 4 is 5.82 Å². The molecule has 0 spiro atoms. The molecule has 0 saturated carbocycles. The predicted octanol–water partition coefficient (Wildman–Crippen LogP) is -1.27. The second kappa shape index (κ2) is 4.60. The van der Waals surface area contributed by atoms with E-state index >= 15 is 0 Å². The Bertz CT molecular complexity index is 419. The van der Waals surface area contributed by atoms with E-state index in [2.05, 4.69) is 4.98 Å². The molecule has 1 aromatic rings. The van der Waals surface area contributed by atoms with E-state index in [0.717, 1.165) is 0 Å². The zero-order valence-corrected chi connectivity index (χ0v) is 8.57. The summed E-state index contributed by atoms with van der Waals surface area (Å²) >= 11 is 0. The van der Waals surface area contributed by atoms with Crippen molar-refractivity contribution in [3.63, 3.8) is 0 Å². The molecule has 0 aliphatic carbocycles. The van der Waals surface area contributed by atoms with Crippen LogP contribution in [-0.2, 0) is 9.47 Å². The van der Waals surface area contributed by atoms with Crippen molar-refractivity contribution in [3.05, 3.63) is 22.7 Å². The lowest BCUT2D eigenvalue weighted by Crippen LogP contribution is -2.40. The van der Waals surface area contributed by atoms with E-state index in [-0.39, 0.29) is 19.0 Å². The monoisotopic (exact) mass is 227 g/mol. The molecule has 3 N–H and O–H groups in total. The molecule has 1 aliphatic rings. The Kier molecular flexibility index (Phi) is 3.18. The Balaban J connectivity index is 2.20. The maximum absolute atomic E-state index is 11.5. The standard InChI is InChI=1S/C9H13N3O4/c10-7-1-2-12(9(14)11-7)8-5-15-4-6(3-13)16-8/h1-2,6,8,13H,3-5H2,(H2,10,11,14)/t6-,8-/m1/s1. The van der Waals surface area contributed by atoms with Gasteiger partial charge in [-0.25, -0.2) is 4.79 Å². The summed E-state index contributed by atoms with van der Waals surface area (Å²) in [6.45, 7) is 0.430. The van der Waals surface area contributed by atoms with E-state index in [1.807, 2.05) is 0 Å². The van der Waals surface area contributed by atoms with E-state index < -0.39 is 18.0 Å². The van der Waals surface area contributed by atoms with Gasteiger partial charge in [0.05, 0.1) is 19.8 Å². The van der Waals surface area contributed by atoms with Crippen LogP contribution in [0.25, 0.3) is 0 Å². The van der Waals surface area contributed by atoms with E-state index in [0.29, 0.717) is 6.61 Å². The van der Waals surface area contributed by atoms with E-state index in [1.165, 1.54) is 16.8 Å². The van der Waals surface area contributed by atoms with E-state index in [9.17, 15) is 4.79 Å². The molecule has 2 atom stereocenters. The van der Waals surface area contributed by atoms with Gasteiger partial charge in [-0.2, -0.15) is 4.98 Å². The van der Waals surface area contributed by atoms with Crippen molar-refractivity contribution in [3.8, 4) is 0 Å². The molecule has 2 heterocycles. The first kappa shape index (κ1) is 11.1. The molecule has 2 rings (SSSR count). The third-order valence-electron chi connectivity index (χ3n) is 2.28. The number of nitrogens with zero attached hydrogens (tertiary/aromatic N) is 2. The minimum atomic E-state index is -0.563. The zero-order chi connectivity index (χ0) is 11.5. The first-order chi connectivity index (χ1) is 7.70. The summed E-state index contributed by atoms with van der Waals surface area (Å²) in [6.07, 6.45) is 0.521. The lowest BCUT2D eigenvalue weighted by Gasteiger charge is -2.29. The van der Waals surface area contributed by atoms with Gasteiger partial charge in [0.2, 0.25) is 0 Å². The number of nitrogens with two attached hydrogens (primary N) is 1. The Labute approximate surface area is 91.4 Å². The van der Waals surface area contributed by atoms with Crippen LogP contribution in [0.3, 0.4) is 0 Å². The fourth-order valence-electron chi connectivity index (χ4n) is 1.49. The largest absolute Gasteiger partial charge is 0.394 e. The smallest absolute Gasteiger partial charge is 0.351 e. The van der Waals surface area contributed by atoms with E-state index in [1.54, 1.807) is 0 Å². The summed E-state index contributed by atoms with van der Waals surface area (Å²) in [6, 6.07) is 1.51. The van der Waals surface area contributed by atoms with Gasteiger partial charge in [-0.15, -0.1) is 0 Å². The predicted molar refractivity (Wildman–Crippen MR) is 54.7 cm³/mol. The van der Waals surface area contributed by atoms with Gasteiger partial charge < -0.3 is 20.3 Å². The van der Waals surface area contributed by atoms with Crippen LogP contribution in [-0.4, -0.2) is 40.6 Å². The molecule has 7 nitrogen and oxygen atoms in total. The summed E-state index contributed by atoms with van der Waals surface area (Å²) in [7, 11) is 0. The van der Waals surface area contributed by atoms with Crippen molar-refractivity contribution in [2.45, 2.75) is 12.3 Å². The molecule has 0 bridgehead atoms. The highest BCUT2D eigenvalue weighted by molar-refractivity contribution is 5.23. The SMILES string of the molecule is Nc1ccn([C@H]2COC[C@@H](CO)O2)c(=O)n1.